The molecule has 1 heterocycles. The summed E-state index contributed by atoms with van der Waals surface area (Å²) in [6, 6.07) is -0.943. The van der Waals surface area contributed by atoms with Gasteiger partial charge in [-0.15, -0.1) is 0 Å². The maximum atomic E-state index is 12.0. The largest absolute Gasteiger partial charge is 0.480 e. The lowest BCUT2D eigenvalue weighted by Gasteiger charge is -2.21. The van der Waals surface area contributed by atoms with E-state index in [0.717, 1.165) is 0 Å². The van der Waals surface area contributed by atoms with E-state index in [-0.39, 0.29) is 29.8 Å². The van der Waals surface area contributed by atoms with Gasteiger partial charge in [0, 0.05) is 6.42 Å². The molecule has 1 aromatic heterocycles. The Morgan fingerprint density at radius 2 is 1.96 bits per heavy atom. The van der Waals surface area contributed by atoms with Crippen LogP contribution in [0.4, 0.5) is 5.69 Å². The highest BCUT2D eigenvalue weighted by atomic mass is 16.6. The number of nitrogens with one attached hydrogen (secondary N) is 1. The number of aryl methyl sites for hydroxylation is 2. The van der Waals surface area contributed by atoms with Crippen molar-refractivity contribution in [1.82, 2.24) is 15.1 Å². The summed E-state index contributed by atoms with van der Waals surface area (Å²) in [5.41, 5.74) is 0.574. The van der Waals surface area contributed by atoms with Gasteiger partial charge in [-0.3, -0.25) is 19.6 Å². The van der Waals surface area contributed by atoms with Gasteiger partial charge in [0.1, 0.15) is 17.4 Å². The number of hydrogen-bond acceptors (Lipinski definition) is 5. The zero-order valence-electron chi connectivity index (χ0n) is 15.3. The summed E-state index contributed by atoms with van der Waals surface area (Å²) >= 11 is 0. The Hall–Kier alpha value is -2.45. The molecule has 0 radical (unpaired) electrons. The molecule has 0 saturated carbocycles. The van der Waals surface area contributed by atoms with Crippen LogP contribution in [-0.2, 0) is 16.1 Å². The second-order valence-electron chi connectivity index (χ2n) is 7.31. The number of carboxylic acid groups (broad SMARTS) is 1. The predicted octanol–water partition coefficient (Wildman–Crippen LogP) is 2.19. The number of hydrogen-bond donors (Lipinski definition) is 2. The normalized spacial score (nSPS) is 12.7. The van der Waals surface area contributed by atoms with Gasteiger partial charge in [-0.25, -0.2) is 4.79 Å². The maximum absolute atomic E-state index is 12.0. The number of nitrogens with zero attached hydrogens (tertiary/aromatic N) is 3. The molecule has 9 heteroatoms. The predicted molar refractivity (Wildman–Crippen MR) is 91.2 cm³/mol. The van der Waals surface area contributed by atoms with Crippen LogP contribution in [-0.4, -0.2) is 37.7 Å². The first kappa shape index (κ1) is 20.6. The zero-order chi connectivity index (χ0) is 19.4. The van der Waals surface area contributed by atoms with Crippen LogP contribution in [0.25, 0.3) is 0 Å². The van der Waals surface area contributed by atoms with E-state index < -0.39 is 22.8 Å². The van der Waals surface area contributed by atoms with Gasteiger partial charge in [0.15, 0.2) is 0 Å². The van der Waals surface area contributed by atoms with Crippen LogP contribution in [0.15, 0.2) is 0 Å². The third-order valence-corrected chi connectivity index (χ3v) is 3.89. The van der Waals surface area contributed by atoms with E-state index in [1.54, 1.807) is 6.92 Å². The van der Waals surface area contributed by atoms with Crippen molar-refractivity contribution in [2.24, 2.45) is 5.41 Å². The van der Waals surface area contributed by atoms with Crippen molar-refractivity contribution in [2.75, 3.05) is 0 Å². The molecule has 1 amide bonds. The summed E-state index contributed by atoms with van der Waals surface area (Å²) in [7, 11) is 0. The fourth-order valence-corrected chi connectivity index (χ4v) is 2.48. The van der Waals surface area contributed by atoms with Crippen molar-refractivity contribution in [3.8, 4) is 0 Å². The van der Waals surface area contributed by atoms with Gasteiger partial charge in [0.2, 0.25) is 5.91 Å². The van der Waals surface area contributed by atoms with E-state index in [2.05, 4.69) is 10.4 Å². The van der Waals surface area contributed by atoms with Crippen LogP contribution in [0.2, 0.25) is 0 Å². The minimum Gasteiger partial charge on any atom is -0.480 e. The maximum Gasteiger partial charge on any atom is 0.326 e. The molecule has 25 heavy (non-hydrogen) atoms. The van der Waals surface area contributed by atoms with E-state index in [1.165, 1.54) is 11.6 Å². The van der Waals surface area contributed by atoms with Crippen molar-refractivity contribution < 1.29 is 19.6 Å². The number of aromatic nitrogens is 2. The van der Waals surface area contributed by atoms with Crippen LogP contribution >= 0.6 is 0 Å². The number of carboxylic acids is 1. The number of carbonyl (C=O) groups excluding carboxylic acids is 1. The number of carbonyl (C=O) groups is 2. The van der Waals surface area contributed by atoms with Gasteiger partial charge >= 0.3 is 11.7 Å². The van der Waals surface area contributed by atoms with Crippen LogP contribution in [0, 0.1) is 29.4 Å². The van der Waals surface area contributed by atoms with E-state index in [0.29, 0.717) is 18.5 Å². The van der Waals surface area contributed by atoms with Crippen molar-refractivity contribution in [2.45, 2.75) is 66.5 Å². The summed E-state index contributed by atoms with van der Waals surface area (Å²) in [6.07, 6.45) is 1.00. The van der Waals surface area contributed by atoms with E-state index in [1.807, 2.05) is 20.8 Å². The number of rotatable bonds is 8. The second kappa shape index (κ2) is 8.09. The molecule has 0 aromatic carbocycles. The molecular formula is C16H26N4O5. The highest BCUT2D eigenvalue weighted by molar-refractivity contribution is 5.83. The third-order valence-electron chi connectivity index (χ3n) is 3.89. The van der Waals surface area contributed by atoms with Crippen molar-refractivity contribution in [3.63, 3.8) is 0 Å². The van der Waals surface area contributed by atoms with Gasteiger partial charge in [-0.2, -0.15) is 5.10 Å². The van der Waals surface area contributed by atoms with E-state index >= 15 is 0 Å². The zero-order valence-corrected chi connectivity index (χ0v) is 15.3. The molecule has 9 nitrogen and oxygen atoms in total. The first-order chi connectivity index (χ1) is 11.4. The van der Waals surface area contributed by atoms with Crippen LogP contribution in [0.5, 0.6) is 0 Å². The molecule has 0 bridgehead atoms. The molecule has 1 aromatic rings. The van der Waals surface area contributed by atoms with Gasteiger partial charge in [0.25, 0.3) is 0 Å². The quantitative estimate of drug-likeness (QED) is 0.544. The van der Waals surface area contributed by atoms with E-state index in [9.17, 15) is 24.8 Å². The molecule has 140 valence electrons. The van der Waals surface area contributed by atoms with Gasteiger partial charge in [-0.1, -0.05) is 20.8 Å². The van der Waals surface area contributed by atoms with Gasteiger partial charge < -0.3 is 10.4 Å². The molecule has 1 unspecified atom stereocenters. The Bertz CT molecular complexity index is 660. The second-order valence-corrected chi connectivity index (χ2v) is 7.31. The standard InChI is InChI=1S/C16H26N4O5/c1-10-14(20(24)25)11(2)19(18-10)9-7-13(21)17-12(15(22)23)6-8-16(3,4)5/h12H,6-9H2,1-5H3,(H,17,21)(H,22,23). The summed E-state index contributed by atoms with van der Waals surface area (Å²) in [5.74, 6) is -1.49. The lowest BCUT2D eigenvalue weighted by atomic mass is 9.88. The molecule has 1 rings (SSSR count). The molecule has 0 fully saturated rings. The molecule has 1 atom stereocenters. The summed E-state index contributed by atoms with van der Waals surface area (Å²) in [4.78, 5) is 33.8. The summed E-state index contributed by atoms with van der Waals surface area (Å²) < 4.78 is 1.40. The van der Waals surface area contributed by atoms with Crippen molar-refractivity contribution in [1.29, 1.82) is 0 Å². The Morgan fingerprint density at radius 1 is 1.36 bits per heavy atom. The molecule has 0 spiro atoms. The third kappa shape index (κ3) is 6.17. The lowest BCUT2D eigenvalue weighted by Crippen LogP contribution is -2.41. The van der Waals surface area contributed by atoms with Crippen molar-refractivity contribution >= 4 is 17.6 Å². The number of amides is 1. The van der Waals surface area contributed by atoms with Crippen LogP contribution in [0.3, 0.4) is 0 Å². The Morgan fingerprint density at radius 3 is 2.40 bits per heavy atom. The molecule has 0 aliphatic heterocycles. The highest BCUT2D eigenvalue weighted by Crippen LogP contribution is 2.23. The fourth-order valence-electron chi connectivity index (χ4n) is 2.48. The molecule has 2 N–H and O–H groups in total. The van der Waals surface area contributed by atoms with Crippen molar-refractivity contribution in [3.05, 3.63) is 21.5 Å². The molecule has 0 saturated heterocycles. The molecular weight excluding hydrogens is 328 g/mol. The number of nitro groups is 1. The van der Waals surface area contributed by atoms with Gasteiger partial charge in [-0.05, 0) is 32.1 Å². The highest BCUT2D eigenvalue weighted by Gasteiger charge is 2.24. The summed E-state index contributed by atoms with van der Waals surface area (Å²) in [6.45, 7) is 9.27. The van der Waals surface area contributed by atoms with Crippen LogP contribution < -0.4 is 5.32 Å². The topological polar surface area (TPSA) is 127 Å². The Labute approximate surface area is 146 Å². The first-order valence-corrected chi connectivity index (χ1v) is 8.13. The van der Waals surface area contributed by atoms with Crippen LogP contribution in [0.1, 0.15) is 51.4 Å². The first-order valence-electron chi connectivity index (χ1n) is 8.13. The van der Waals surface area contributed by atoms with Gasteiger partial charge in [0.05, 0.1) is 11.5 Å². The Kier molecular flexibility index (Phi) is 6.66. The monoisotopic (exact) mass is 354 g/mol. The number of aliphatic carboxylic acids is 1. The average molecular weight is 354 g/mol. The molecule has 0 aliphatic carbocycles. The Balaban J connectivity index is 2.65. The average Bonchev–Trinajstić information content (AvgIpc) is 2.74. The smallest absolute Gasteiger partial charge is 0.326 e. The summed E-state index contributed by atoms with van der Waals surface area (Å²) in [5, 5.41) is 26.8. The fraction of sp³-hybridized carbons (Fsp3) is 0.688. The lowest BCUT2D eigenvalue weighted by molar-refractivity contribution is -0.386. The minimum atomic E-state index is -1.07. The SMILES string of the molecule is Cc1nn(CCC(=O)NC(CCC(C)(C)C)C(=O)O)c(C)c1[N+](=O)[O-]. The molecule has 0 aliphatic rings. The van der Waals surface area contributed by atoms with E-state index in [4.69, 9.17) is 0 Å². The minimum absolute atomic E-state index is 0.00158.